The molecule has 2 aliphatic rings. The highest BCUT2D eigenvalue weighted by Gasteiger charge is 2.22. The minimum atomic E-state index is 0.0101. The lowest BCUT2D eigenvalue weighted by atomic mass is 10.1. The van der Waals surface area contributed by atoms with Crippen LogP contribution in [0.5, 0.6) is 0 Å². The lowest BCUT2D eigenvalue weighted by Crippen LogP contribution is -2.34. The van der Waals surface area contributed by atoms with Crippen molar-refractivity contribution in [3.8, 4) is 0 Å². The van der Waals surface area contributed by atoms with E-state index in [0.717, 1.165) is 44.0 Å². The smallest absolute Gasteiger partial charge is 0.327 e. The third-order valence-electron chi connectivity index (χ3n) is 3.30. The zero-order chi connectivity index (χ0) is 11.0. The average molecular weight is 220 g/mol. The number of nitrogens with one attached hydrogen (secondary N) is 3. The predicted octanol–water partition coefficient (Wildman–Crippen LogP) is 0.540. The first kappa shape index (κ1) is 9.72. The number of fused-ring (bicyclic) bond motifs is 1. The number of hydrogen-bond acceptors (Lipinski definition) is 3. The monoisotopic (exact) mass is 220 g/mol. The predicted molar refractivity (Wildman–Crippen MR) is 63.7 cm³/mol. The highest BCUT2D eigenvalue weighted by molar-refractivity contribution is 5.64. The van der Waals surface area contributed by atoms with E-state index in [-0.39, 0.29) is 5.69 Å². The van der Waals surface area contributed by atoms with Gasteiger partial charge >= 0.3 is 5.69 Å². The Morgan fingerprint density at radius 2 is 2.12 bits per heavy atom. The summed E-state index contributed by atoms with van der Waals surface area (Å²) in [5.41, 5.74) is 0.922. The third kappa shape index (κ3) is 1.48. The van der Waals surface area contributed by atoms with E-state index in [1.165, 1.54) is 0 Å². The molecule has 16 heavy (non-hydrogen) atoms. The quantitative estimate of drug-likeness (QED) is 0.647. The zero-order valence-corrected chi connectivity index (χ0v) is 9.12. The second-order valence-electron chi connectivity index (χ2n) is 4.33. The van der Waals surface area contributed by atoms with E-state index in [1.54, 1.807) is 0 Å². The van der Waals surface area contributed by atoms with Gasteiger partial charge in [-0.15, -0.1) is 0 Å². The van der Waals surface area contributed by atoms with E-state index in [2.05, 4.69) is 15.6 Å². The molecule has 86 valence electrons. The number of anilines is 1. The Balaban J connectivity index is 2.02. The first-order valence-electron chi connectivity index (χ1n) is 5.82. The van der Waals surface area contributed by atoms with Crippen LogP contribution in [0.15, 0.2) is 10.9 Å². The van der Waals surface area contributed by atoms with Crippen molar-refractivity contribution in [2.45, 2.75) is 18.9 Å². The number of imidazole rings is 1. The molecule has 1 aromatic rings. The fourth-order valence-corrected chi connectivity index (χ4v) is 2.51. The number of piperidine rings is 1. The topological polar surface area (TPSA) is 61.9 Å². The van der Waals surface area contributed by atoms with Crippen molar-refractivity contribution in [3.63, 3.8) is 0 Å². The van der Waals surface area contributed by atoms with Gasteiger partial charge in [-0.3, -0.25) is 4.57 Å². The molecule has 1 saturated heterocycles. The van der Waals surface area contributed by atoms with Gasteiger partial charge in [0.15, 0.2) is 0 Å². The van der Waals surface area contributed by atoms with Gasteiger partial charge in [0, 0.05) is 12.6 Å². The van der Waals surface area contributed by atoms with E-state index < -0.39 is 0 Å². The molecule has 0 spiro atoms. The largest absolute Gasteiger partial charge is 0.366 e. The second kappa shape index (κ2) is 3.83. The van der Waals surface area contributed by atoms with Gasteiger partial charge in [0.05, 0.1) is 5.69 Å². The molecule has 0 unspecified atom stereocenters. The van der Waals surface area contributed by atoms with Crippen LogP contribution in [0.25, 0.3) is 6.08 Å². The van der Waals surface area contributed by atoms with E-state index in [1.807, 2.05) is 16.7 Å². The van der Waals surface area contributed by atoms with Gasteiger partial charge in [-0.05, 0) is 32.0 Å². The highest BCUT2D eigenvalue weighted by atomic mass is 16.1. The number of nitrogens with zero attached hydrogens (tertiary/aromatic N) is 1. The molecule has 5 heteroatoms. The Hall–Kier alpha value is -1.49. The van der Waals surface area contributed by atoms with Crippen LogP contribution in [0.3, 0.4) is 0 Å². The lowest BCUT2D eigenvalue weighted by molar-refractivity contribution is 0.364. The van der Waals surface area contributed by atoms with Crippen molar-refractivity contribution >= 4 is 11.9 Å². The Morgan fingerprint density at radius 3 is 2.94 bits per heavy atom. The van der Waals surface area contributed by atoms with Gasteiger partial charge in [-0.2, -0.15) is 0 Å². The summed E-state index contributed by atoms with van der Waals surface area (Å²) < 4.78 is 1.89. The summed E-state index contributed by atoms with van der Waals surface area (Å²) in [7, 11) is 0. The first-order chi connectivity index (χ1) is 7.86. The minimum absolute atomic E-state index is 0.0101. The van der Waals surface area contributed by atoms with Crippen molar-refractivity contribution in [1.82, 2.24) is 14.9 Å². The summed E-state index contributed by atoms with van der Waals surface area (Å²) >= 11 is 0. The summed E-state index contributed by atoms with van der Waals surface area (Å²) in [5.74, 6) is 0.958. The van der Waals surface area contributed by atoms with Gasteiger partial charge in [-0.1, -0.05) is 6.08 Å². The fraction of sp³-hybridized carbons (Fsp3) is 0.545. The molecule has 2 aliphatic heterocycles. The van der Waals surface area contributed by atoms with Gasteiger partial charge in [-0.25, -0.2) is 4.79 Å². The van der Waals surface area contributed by atoms with Crippen molar-refractivity contribution in [2.24, 2.45) is 0 Å². The molecule has 1 aromatic heterocycles. The van der Waals surface area contributed by atoms with Crippen molar-refractivity contribution in [2.75, 3.05) is 25.0 Å². The van der Waals surface area contributed by atoms with Gasteiger partial charge < -0.3 is 15.6 Å². The van der Waals surface area contributed by atoms with Gasteiger partial charge in [0.25, 0.3) is 0 Å². The Labute approximate surface area is 93.5 Å². The van der Waals surface area contributed by atoms with Crippen molar-refractivity contribution in [1.29, 1.82) is 0 Å². The first-order valence-corrected chi connectivity index (χ1v) is 5.82. The third-order valence-corrected chi connectivity index (χ3v) is 3.30. The Morgan fingerprint density at radius 1 is 1.31 bits per heavy atom. The molecular weight excluding hydrogens is 204 g/mol. The van der Waals surface area contributed by atoms with E-state index in [0.29, 0.717) is 6.04 Å². The van der Waals surface area contributed by atoms with Crippen molar-refractivity contribution < 1.29 is 0 Å². The number of aromatic amines is 1. The maximum absolute atomic E-state index is 11.9. The number of aromatic nitrogens is 2. The molecule has 0 radical (unpaired) electrons. The molecule has 0 aliphatic carbocycles. The molecule has 0 aromatic carbocycles. The maximum Gasteiger partial charge on any atom is 0.327 e. The van der Waals surface area contributed by atoms with Crippen LogP contribution >= 0.6 is 0 Å². The van der Waals surface area contributed by atoms with Crippen LogP contribution in [0.4, 0.5) is 5.82 Å². The maximum atomic E-state index is 11.9. The van der Waals surface area contributed by atoms with Crippen LogP contribution < -0.4 is 16.3 Å². The molecule has 0 amide bonds. The molecule has 3 N–H and O–H groups in total. The number of hydrogen-bond donors (Lipinski definition) is 3. The molecule has 3 rings (SSSR count). The molecule has 0 atom stereocenters. The zero-order valence-electron chi connectivity index (χ0n) is 9.12. The summed E-state index contributed by atoms with van der Waals surface area (Å²) in [5, 5.41) is 6.59. The molecular formula is C11H16N4O. The Bertz CT molecular complexity index is 465. The molecule has 1 fully saturated rings. The normalized spacial score (nSPS) is 20.5. The summed E-state index contributed by atoms with van der Waals surface area (Å²) in [6.07, 6.45) is 6.04. The molecule has 5 nitrogen and oxygen atoms in total. The summed E-state index contributed by atoms with van der Waals surface area (Å²) in [6, 6.07) is 0.327. The van der Waals surface area contributed by atoms with E-state index in [9.17, 15) is 4.79 Å². The SMILES string of the molecule is O=c1[nH]c2c(n1C1CCNCC1)NCC=C2. The van der Waals surface area contributed by atoms with E-state index >= 15 is 0 Å². The molecule has 3 heterocycles. The van der Waals surface area contributed by atoms with Crippen LogP contribution in [-0.4, -0.2) is 29.2 Å². The average Bonchev–Trinajstić information content (AvgIpc) is 2.66. The number of H-pyrrole nitrogens is 1. The van der Waals surface area contributed by atoms with Crippen LogP contribution in [0, 0.1) is 0 Å². The van der Waals surface area contributed by atoms with Crippen molar-refractivity contribution in [3.05, 3.63) is 22.3 Å². The van der Waals surface area contributed by atoms with Gasteiger partial charge in [0.2, 0.25) is 0 Å². The Kier molecular flexibility index (Phi) is 2.32. The summed E-state index contributed by atoms with van der Waals surface area (Å²) in [6.45, 7) is 2.79. The minimum Gasteiger partial charge on any atom is -0.366 e. The number of rotatable bonds is 1. The van der Waals surface area contributed by atoms with E-state index in [4.69, 9.17) is 0 Å². The van der Waals surface area contributed by atoms with Crippen LogP contribution in [-0.2, 0) is 0 Å². The lowest BCUT2D eigenvalue weighted by Gasteiger charge is -2.25. The standard InChI is InChI=1S/C11H16N4O/c16-11-14-9-2-1-5-13-10(9)15(11)8-3-6-12-7-4-8/h1-2,8,12-13H,3-7H2,(H,14,16). The molecule has 0 bridgehead atoms. The second-order valence-corrected chi connectivity index (χ2v) is 4.33. The summed E-state index contributed by atoms with van der Waals surface area (Å²) in [4.78, 5) is 14.8. The van der Waals surface area contributed by atoms with Crippen LogP contribution in [0.2, 0.25) is 0 Å². The van der Waals surface area contributed by atoms with Gasteiger partial charge in [0.1, 0.15) is 5.82 Å². The molecule has 0 saturated carbocycles. The highest BCUT2D eigenvalue weighted by Crippen LogP contribution is 2.25. The van der Waals surface area contributed by atoms with Crippen LogP contribution in [0.1, 0.15) is 24.6 Å². The fourth-order valence-electron chi connectivity index (χ4n) is 2.51.